The maximum atomic E-state index is 13.5. The van der Waals surface area contributed by atoms with E-state index in [-0.39, 0.29) is 34.2 Å². The van der Waals surface area contributed by atoms with Crippen molar-refractivity contribution in [3.63, 3.8) is 0 Å². The van der Waals surface area contributed by atoms with E-state index in [1.54, 1.807) is 12.3 Å². The molecular weight excluding hydrogens is 413 g/mol. The first-order valence-corrected chi connectivity index (χ1v) is 9.12. The van der Waals surface area contributed by atoms with Crippen LogP contribution in [0.15, 0.2) is 41.5 Å². The largest absolute Gasteiger partial charge is 0.437 e. The molecule has 1 amide bonds. The predicted molar refractivity (Wildman–Crippen MR) is 110 cm³/mol. The van der Waals surface area contributed by atoms with Gasteiger partial charge in [0.2, 0.25) is 5.88 Å². The fraction of sp³-hybridized carbons (Fsp3) is 0.250. The van der Waals surface area contributed by atoms with Gasteiger partial charge in [0.1, 0.15) is 5.69 Å². The number of nitrogens with one attached hydrogen (secondary N) is 2. The van der Waals surface area contributed by atoms with Gasteiger partial charge < -0.3 is 20.4 Å². The Morgan fingerprint density at radius 1 is 1.29 bits per heavy atom. The number of carbonyl (C=O) groups is 1. The predicted octanol–water partition coefficient (Wildman–Crippen LogP) is 3.11. The molecule has 0 aliphatic carbocycles. The highest BCUT2D eigenvalue weighted by Gasteiger charge is 2.34. The lowest BCUT2D eigenvalue weighted by Gasteiger charge is -2.13. The zero-order chi connectivity index (χ0) is 22.8. The summed E-state index contributed by atoms with van der Waals surface area (Å²) in [7, 11) is 5.18. The number of amides is 1. The molecule has 8 nitrogen and oxygen atoms in total. The van der Waals surface area contributed by atoms with Gasteiger partial charge >= 0.3 is 6.18 Å². The van der Waals surface area contributed by atoms with Gasteiger partial charge in [0, 0.05) is 31.2 Å². The van der Waals surface area contributed by atoms with E-state index in [2.05, 4.69) is 20.3 Å². The van der Waals surface area contributed by atoms with Gasteiger partial charge in [-0.3, -0.25) is 15.1 Å². The number of aromatic amines is 1. The third-order valence-electron chi connectivity index (χ3n) is 4.30. The number of halogens is 3. The van der Waals surface area contributed by atoms with E-state index in [1.165, 1.54) is 13.1 Å². The minimum absolute atomic E-state index is 0.00629. The molecule has 0 radical (unpaired) electrons. The summed E-state index contributed by atoms with van der Waals surface area (Å²) >= 11 is 0. The summed E-state index contributed by atoms with van der Waals surface area (Å²) in [6.45, 7) is 0.633. The molecule has 0 spiro atoms. The van der Waals surface area contributed by atoms with Crippen molar-refractivity contribution < 1.29 is 22.7 Å². The number of carbonyl (C=O) groups excluding carboxylic acids is 1. The zero-order valence-corrected chi connectivity index (χ0v) is 17.0. The van der Waals surface area contributed by atoms with Crippen LogP contribution < -0.4 is 15.8 Å². The molecule has 0 fully saturated rings. The minimum Gasteiger partial charge on any atom is -0.437 e. The van der Waals surface area contributed by atoms with Crippen molar-refractivity contribution in [2.75, 3.05) is 21.1 Å². The number of ether oxygens (including phenoxy) is 1. The number of nitrogens with zero attached hydrogens (tertiary/aromatic N) is 3. The maximum Gasteiger partial charge on any atom is 0.417 e. The van der Waals surface area contributed by atoms with Crippen molar-refractivity contribution in [2.24, 2.45) is 10.7 Å². The van der Waals surface area contributed by atoms with Gasteiger partial charge in [-0.15, -0.1) is 0 Å². The first kappa shape index (κ1) is 22.1. The standard InChI is InChI=1S/C20H21F3N6O2/c1-25-19(24)28-18(30)14-9-12-13(20(21,22)23)4-5-15(17(12)27-14)31-16-8-11(6-7-26-16)10-29(2)3/h4-9,27H,10H2,1-3H3,(H3,24,25,28,30). The molecule has 164 valence electrons. The molecule has 2 heterocycles. The van der Waals surface area contributed by atoms with Crippen LogP contribution in [0.1, 0.15) is 21.6 Å². The molecule has 0 bridgehead atoms. The van der Waals surface area contributed by atoms with Gasteiger partial charge in [0.25, 0.3) is 5.91 Å². The number of hydrogen-bond acceptors (Lipinski definition) is 5. The number of nitrogens with two attached hydrogens (primary N) is 1. The van der Waals surface area contributed by atoms with Crippen LogP contribution in [0.25, 0.3) is 10.9 Å². The first-order chi connectivity index (χ1) is 14.6. The van der Waals surface area contributed by atoms with E-state index in [1.807, 2.05) is 25.1 Å². The van der Waals surface area contributed by atoms with E-state index in [9.17, 15) is 18.0 Å². The number of aromatic nitrogens is 2. The van der Waals surface area contributed by atoms with Crippen molar-refractivity contribution in [3.8, 4) is 11.6 Å². The second kappa shape index (κ2) is 8.64. The van der Waals surface area contributed by atoms with Gasteiger partial charge in [0.15, 0.2) is 11.7 Å². The van der Waals surface area contributed by atoms with Crippen molar-refractivity contribution in [1.82, 2.24) is 20.2 Å². The third-order valence-corrected chi connectivity index (χ3v) is 4.30. The van der Waals surface area contributed by atoms with Gasteiger partial charge in [-0.1, -0.05) is 0 Å². The van der Waals surface area contributed by atoms with Crippen LogP contribution in [0.3, 0.4) is 0 Å². The molecular formula is C20H21F3N6O2. The lowest BCUT2D eigenvalue weighted by Crippen LogP contribution is -2.36. The van der Waals surface area contributed by atoms with E-state index in [4.69, 9.17) is 10.5 Å². The highest BCUT2D eigenvalue weighted by atomic mass is 19.4. The van der Waals surface area contributed by atoms with Gasteiger partial charge in [-0.2, -0.15) is 13.2 Å². The molecule has 3 rings (SSSR count). The molecule has 0 unspecified atom stereocenters. The Labute approximate surface area is 175 Å². The number of benzene rings is 1. The molecule has 1 aromatic carbocycles. The monoisotopic (exact) mass is 434 g/mol. The van der Waals surface area contributed by atoms with Crippen LogP contribution in [-0.2, 0) is 12.7 Å². The average molecular weight is 434 g/mol. The maximum absolute atomic E-state index is 13.5. The lowest BCUT2D eigenvalue weighted by atomic mass is 10.1. The SMILES string of the molecule is CN=C(N)NC(=O)c1cc2c(C(F)(F)F)ccc(Oc3cc(CN(C)C)ccn3)c2[nH]1. The first-order valence-electron chi connectivity index (χ1n) is 9.12. The van der Waals surface area contributed by atoms with Gasteiger partial charge in [0.05, 0.1) is 11.1 Å². The number of alkyl halides is 3. The van der Waals surface area contributed by atoms with Crippen LogP contribution in [0.4, 0.5) is 13.2 Å². The highest BCUT2D eigenvalue weighted by molar-refractivity contribution is 6.07. The Balaban J connectivity index is 2.05. The van der Waals surface area contributed by atoms with Crippen molar-refractivity contribution >= 4 is 22.8 Å². The number of guanidine groups is 1. The number of H-pyrrole nitrogens is 1. The number of fused-ring (bicyclic) bond motifs is 1. The molecule has 2 aromatic heterocycles. The van der Waals surface area contributed by atoms with Gasteiger partial charge in [-0.25, -0.2) is 4.98 Å². The van der Waals surface area contributed by atoms with E-state index in [0.717, 1.165) is 17.7 Å². The highest BCUT2D eigenvalue weighted by Crippen LogP contribution is 2.39. The number of aliphatic imine (C=N–C) groups is 1. The lowest BCUT2D eigenvalue weighted by molar-refractivity contribution is -0.136. The fourth-order valence-electron chi connectivity index (χ4n) is 2.97. The van der Waals surface area contributed by atoms with Crippen molar-refractivity contribution in [2.45, 2.75) is 12.7 Å². The Hall–Kier alpha value is -3.60. The molecule has 31 heavy (non-hydrogen) atoms. The smallest absolute Gasteiger partial charge is 0.417 e. The Bertz CT molecular complexity index is 1140. The summed E-state index contributed by atoms with van der Waals surface area (Å²) in [5, 5.41) is 2.06. The Morgan fingerprint density at radius 3 is 2.68 bits per heavy atom. The van der Waals surface area contributed by atoms with Crippen LogP contribution in [-0.4, -0.2) is 47.9 Å². The fourth-order valence-corrected chi connectivity index (χ4v) is 2.97. The molecule has 0 atom stereocenters. The van der Waals surface area contributed by atoms with Crippen molar-refractivity contribution in [3.05, 3.63) is 53.3 Å². The van der Waals surface area contributed by atoms with Crippen LogP contribution in [0, 0.1) is 0 Å². The molecule has 11 heteroatoms. The summed E-state index contributed by atoms with van der Waals surface area (Å²) in [5.74, 6) is -0.598. The van der Waals surface area contributed by atoms with E-state index in [0.29, 0.717) is 6.54 Å². The second-order valence-electron chi connectivity index (χ2n) is 6.99. The normalized spacial score (nSPS) is 12.4. The van der Waals surface area contributed by atoms with Crippen LogP contribution in [0.5, 0.6) is 11.6 Å². The molecule has 0 saturated carbocycles. The minimum atomic E-state index is -4.62. The molecule has 0 aliphatic heterocycles. The molecule has 3 aromatic rings. The molecule has 0 saturated heterocycles. The van der Waals surface area contributed by atoms with Crippen molar-refractivity contribution in [1.29, 1.82) is 0 Å². The number of pyridine rings is 1. The number of rotatable bonds is 5. The Kier molecular flexibility index (Phi) is 6.16. The summed E-state index contributed by atoms with van der Waals surface area (Å²) in [6, 6.07) is 6.69. The zero-order valence-electron chi connectivity index (χ0n) is 17.0. The average Bonchev–Trinajstić information content (AvgIpc) is 3.12. The van der Waals surface area contributed by atoms with Gasteiger partial charge in [-0.05, 0) is 43.9 Å². The van der Waals surface area contributed by atoms with E-state index >= 15 is 0 Å². The summed E-state index contributed by atoms with van der Waals surface area (Å²) in [6.07, 6.45) is -3.07. The summed E-state index contributed by atoms with van der Waals surface area (Å²) in [5.41, 5.74) is 5.36. The number of hydrogen-bond donors (Lipinski definition) is 3. The molecule has 0 aliphatic rings. The topological polar surface area (TPSA) is 109 Å². The summed E-state index contributed by atoms with van der Waals surface area (Å²) in [4.78, 5) is 24.7. The van der Waals surface area contributed by atoms with Crippen LogP contribution in [0.2, 0.25) is 0 Å². The molecule has 4 N–H and O–H groups in total. The quantitative estimate of drug-likeness (QED) is 0.422. The second-order valence-corrected chi connectivity index (χ2v) is 6.99. The Morgan fingerprint density at radius 2 is 2.03 bits per heavy atom. The van der Waals surface area contributed by atoms with E-state index < -0.39 is 17.6 Å². The third kappa shape index (κ3) is 5.12. The van der Waals surface area contributed by atoms with Crippen LogP contribution >= 0.6 is 0 Å². The summed E-state index contributed by atoms with van der Waals surface area (Å²) < 4.78 is 46.3.